The highest BCUT2D eigenvalue weighted by atomic mass is 16.2. The molecule has 166 valence electrons. The molecule has 1 saturated carbocycles. The monoisotopic (exact) mass is 437 g/mol. The molecule has 2 N–H and O–H groups in total. The normalized spacial score (nSPS) is 21.7. The molecule has 0 spiro atoms. The molecule has 3 heterocycles. The zero-order chi connectivity index (χ0) is 22.4. The third kappa shape index (κ3) is 3.48. The van der Waals surface area contributed by atoms with Crippen molar-refractivity contribution in [2.75, 3.05) is 0 Å². The molecule has 1 aromatic heterocycles. The minimum absolute atomic E-state index is 0.00973. The Labute approximate surface area is 183 Å². The van der Waals surface area contributed by atoms with Crippen molar-refractivity contribution in [3.05, 3.63) is 40.7 Å². The Morgan fingerprint density at radius 3 is 2.62 bits per heavy atom. The number of rotatable bonds is 7. The van der Waals surface area contributed by atoms with Crippen LogP contribution in [0.5, 0.6) is 0 Å². The zero-order valence-corrected chi connectivity index (χ0v) is 17.6. The molecule has 0 radical (unpaired) electrons. The van der Waals surface area contributed by atoms with E-state index in [-0.39, 0.29) is 30.0 Å². The topological polar surface area (TPSA) is 139 Å². The first-order valence-corrected chi connectivity index (χ1v) is 10.8. The Bertz CT molecular complexity index is 1120. The fourth-order valence-corrected chi connectivity index (χ4v) is 4.41. The van der Waals surface area contributed by atoms with Crippen LogP contribution in [0.25, 0.3) is 0 Å². The average molecular weight is 437 g/mol. The summed E-state index contributed by atoms with van der Waals surface area (Å²) in [5.41, 5.74) is 1.40. The lowest BCUT2D eigenvalue weighted by Crippen LogP contribution is -2.54. The van der Waals surface area contributed by atoms with E-state index in [1.165, 1.54) is 0 Å². The summed E-state index contributed by atoms with van der Waals surface area (Å²) in [7, 11) is 0. The summed E-state index contributed by atoms with van der Waals surface area (Å²) in [5.74, 6) is -0.750. The number of amides is 4. The second-order valence-electron chi connectivity index (χ2n) is 8.38. The smallest absolute Gasteiger partial charge is 0.262 e. The number of fused-ring (bicyclic) bond motifs is 1. The predicted molar refractivity (Wildman–Crippen MR) is 109 cm³/mol. The van der Waals surface area contributed by atoms with Gasteiger partial charge in [-0.3, -0.25) is 29.4 Å². The number of carbonyl (C=O) groups is 4. The van der Waals surface area contributed by atoms with E-state index in [0.29, 0.717) is 19.0 Å². The Morgan fingerprint density at radius 2 is 1.91 bits per heavy atom. The molecule has 2 unspecified atom stereocenters. The van der Waals surface area contributed by atoms with Gasteiger partial charge in [0.1, 0.15) is 6.04 Å². The second-order valence-corrected chi connectivity index (χ2v) is 8.38. The van der Waals surface area contributed by atoms with Gasteiger partial charge in [0.05, 0.1) is 17.2 Å². The summed E-state index contributed by atoms with van der Waals surface area (Å²) in [6.07, 6.45) is 2.44. The quantitative estimate of drug-likeness (QED) is 0.591. The summed E-state index contributed by atoms with van der Waals surface area (Å²) in [5, 5.41) is 17.7. The van der Waals surface area contributed by atoms with E-state index in [1.807, 2.05) is 6.92 Å². The first-order chi connectivity index (χ1) is 15.5. The molecule has 0 bridgehead atoms. The van der Waals surface area contributed by atoms with E-state index in [9.17, 15) is 19.2 Å². The van der Waals surface area contributed by atoms with Crippen LogP contribution < -0.4 is 10.6 Å². The van der Waals surface area contributed by atoms with Crippen molar-refractivity contribution in [2.45, 2.75) is 57.8 Å². The Balaban J connectivity index is 1.33. The largest absolute Gasteiger partial charge is 0.303 e. The van der Waals surface area contributed by atoms with E-state index in [0.717, 1.165) is 29.1 Å². The van der Waals surface area contributed by atoms with E-state index in [4.69, 9.17) is 0 Å². The minimum atomic E-state index is -0.964. The molecule has 32 heavy (non-hydrogen) atoms. The maximum absolute atomic E-state index is 13.0. The highest BCUT2D eigenvalue weighted by molar-refractivity contribution is 6.23. The van der Waals surface area contributed by atoms with Crippen molar-refractivity contribution in [2.24, 2.45) is 5.92 Å². The van der Waals surface area contributed by atoms with Crippen LogP contribution in [0.1, 0.15) is 70.8 Å². The van der Waals surface area contributed by atoms with Gasteiger partial charge in [-0.1, -0.05) is 6.07 Å². The standard InChI is InChI=1S/C21H23N7O4/c1-2-27-18(24-25-26-27)17(12-4-5-12)22-10-11-3-6-13-14(9-11)21(32)28(20(13)31)15-7-8-16(29)23-19(15)30/h3,6,9,12,15,17,22H,2,4-5,7-8,10H2,1H3,(H,23,29,30). The fourth-order valence-electron chi connectivity index (χ4n) is 4.41. The van der Waals surface area contributed by atoms with Crippen molar-refractivity contribution < 1.29 is 19.2 Å². The first kappa shape index (κ1) is 20.4. The number of hydrogen-bond donors (Lipinski definition) is 2. The van der Waals surface area contributed by atoms with Crippen LogP contribution >= 0.6 is 0 Å². The number of hydrogen-bond acceptors (Lipinski definition) is 8. The molecule has 2 aromatic rings. The van der Waals surface area contributed by atoms with Crippen LogP contribution in [0, 0.1) is 5.92 Å². The third-order valence-corrected chi connectivity index (χ3v) is 6.26. The van der Waals surface area contributed by atoms with Gasteiger partial charge >= 0.3 is 0 Å². The Morgan fingerprint density at radius 1 is 1.12 bits per heavy atom. The van der Waals surface area contributed by atoms with Crippen molar-refractivity contribution in [1.29, 1.82) is 0 Å². The SMILES string of the molecule is CCn1nnnc1C(NCc1ccc2c(c1)C(=O)N(C1CCC(=O)NC1=O)C2=O)C1CC1. The lowest BCUT2D eigenvalue weighted by atomic mass is 10.0. The van der Waals surface area contributed by atoms with Crippen LogP contribution in [0.15, 0.2) is 18.2 Å². The summed E-state index contributed by atoms with van der Waals surface area (Å²) in [6.45, 7) is 3.14. The lowest BCUT2D eigenvalue weighted by molar-refractivity contribution is -0.136. The highest BCUT2D eigenvalue weighted by Crippen LogP contribution is 2.40. The number of imide groups is 2. The number of nitrogens with zero attached hydrogens (tertiary/aromatic N) is 5. The summed E-state index contributed by atoms with van der Waals surface area (Å²) in [4.78, 5) is 50.4. The first-order valence-electron chi connectivity index (χ1n) is 10.8. The average Bonchev–Trinajstić information content (AvgIpc) is 3.46. The van der Waals surface area contributed by atoms with Gasteiger partial charge in [-0.15, -0.1) is 5.10 Å². The summed E-state index contributed by atoms with van der Waals surface area (Å²) < 4.78 is 1.78. The number of benzene rings is 1. The van der Waals surface area contributed by atoms with Gasteiger partial charge in [0.2, 0.25) is 11.8 Å². The molecular formula is C21H23N7O4. The van der Waals surface area contributed by atoms with Gasteiger partial charge in [0.15, 0.2) is 5.82 Å². The summed E-state index contributed by atoms with van der Waals surface area (Å²) >= 11 is 0. The second kappa shape index (κ2) is 7.90. The van der Waals surface area contributed by atoms with E-state index in [1.54, 1.807) is 22.9 Å². The van der Waals surface area contributed by atoms with E-state index < -0.39 is 29.7 Å². The van der Waals surface area contributed by atoms with Crippen LogP contribution in [-0.4, -0.2) is 54.8 Å². The molecule has 2 atom stereocenters. The van der Waals surface area contributed by atoms with E-state index >= 15 is 0 Å². The maximum atomic E-state index is 13.0. The summed E-state index contributed by atoms with van der Waals surface area (Å²) in [6, 6.07) is 4.17. The van der Waals surface area contributed by atoms with E-state index in [2.05, 4.69) is 26.2 Å². The molecule has 11 nitrogen and oxygen atoms in total. The molecule has 4 amide bonds. The molecule has 2 fully saturated rings. The fraction of sp³-hybridized carbons (Fsp3) is 0.476. The molecule has 2 aliphatic heterocycles. The van der Waals surface area contributed by atoms with Crippen molar-refractivity contribution >= 4 is 23.6 Å². The van der Waals surface area contributed by atoms with Crippen molar-refractivity contribution in [1.82, 2.24) is 35.7 Å². The van der Waals surface area contributed by atoms with Crippen molar-refractivity contribution in [3.8, 4) is 0 Å². The molecule has 1 saturated heterocycles. The number of aryl methyl sites for hydroxylation is 1. The molecule has 1 aromatic carbocycles. The van der Waals surface area contributed by atoms with Gasteiger partial charge < -0.3 is 5.32 Å². The third-order valence-electron chi connectivity index (χ3n) is 6.26. The minimum Gasteiger partial charge on any atom is -0.303 e. The Hall–Kier alpha value is -3.47. The van der Waals surface area contributed by atoms with Gasteiger partial charge in [-0.25, -0.2) is 4.68 Å². The van der Waals surface area contributed by atoms with Gasteiger partial charge in [0, 0.05) is 19.5 Å². The predicted octanol–water partition coefficient (Wildman–Crippen LogP) is 0.335. The van der Waals surface area contributed by atoms with Crippen LogP contribution in [0.2, 0.25) is 0 Å². The number of aromatic nitrogens is 4. The van der Waals surface area contributed by atoms with Crippen LogP contribution in [-0.2, 0) is 22.7 Å². The number of tetrazole rings is 1. The van der Waals surface area contributed by atoms with Crippen LogP contribution in [0.3, 0.4) is 0 Å². The zero-order valence-electron chi connectivity index (χ0n) is 17.6. The van der Waals surface area contributed by atoms with Gasteiger partial charge in [0.25, 0.3) is 11.8 Å². The number of carbonyl (C=O) groups excluding carboxylic acids is 4. The number of nitrogens with one attached hydrogen (secondary N) is 2. The van der Waals surface area contributed by atoms with Crippen molar-refractivity contribution in [3.63, 3.8) is 0 Å². The number of piperidine rings is 1. The molecule has 5 rings (SSSR count). The van der Waals surface area contributed by atoms with Crippen LogP contribution in [0.4, 0.5) is 0 Å². The Kier molecular flexibility index (Phi) is 5.04. The lowest BCUT2D eigenvalue weighted by Gasteiger charge is -2.27. The highest BCUT2D eigenvalue weighted by Gasteiger charge is 2.44. The molecule has 11 heteroatoms. The molecule has 3 aliphatic rings. The maximum Gasteiger partial charge on any atom is 0.262 e. The molecular weight excluding hydrogens is 414 g/mol. The van der Waals surface area contributed by atoms with Gasteiger partial charge in [-0.2, -0.15) is 0 Å². The molecule has 1 aliphatic carbocycles. The van der Waals surface area contributed by atoms with Gasteiger partial charge in [-0.05, 0) is 60.2 Å².